The first-order valence-corrected chi connectivity index (χ1v) is 8.10. The molecule has 1 amide bonds. The number of rotatable bonds is 7. The predicted molar refractivity (Wildman–Crippen MR) is 86.5 cm³/mol. The summed E-state index contributed by atoms with van der Waals surface area (Å²) < 4.78 is 0. The molecule has 21 heavy (non-hydrogen) atoms. The van der Waals surface area contributed by atoms with Gasteiger partial charge in [0, 0.05) is 25.2 Å². The second-order valence-electron chi connectivity index (χ2n) is 6.42. The van der Waals surface area contributed by atoms with Gasteiger partial charge >= 0.3 is 0 Å². The van der Waals surface area contributed by atoms with Crippen LogP contribution in [0.2, 0.25) is 0 Å². The van der Waals surface area contributed by atoms with E-state index >= 15 is 0 Å². The van der Waals surface area contributed by atoms with Crippen molar-refractivity contribution in [1.82, 2.24) is 5.32 Å². The lowest BCUT2D eigenvalue weighted by Crippen LogP contribution is -2.29. The van der Waals surface area contributed by atoms with Gasteiger partial charge in [-0.3, -0.25) is 4.79 Å². The quantitative estimate of drug-likeness (QED) is 0.758. The summed E-state index contributed by atoms with van der Waals surface area (Å²) in [5.74, 6) is 1.61. The van der Waals surface area contributed by atoms with Gasteiger partial charge in [0.15, 0.2) is 0 Å². The molecule has 0 unspecified atom stereocenters. The first-order valence-electron chi connectivity index (χ1n) is 8.10. The fourth-order valence-corrected chi connectivity index (χ4v) is 2.72. The van der Waals surface area contributed by atoms with Crippen LogP contribution < -0.4 is 16.0 Å². The zero-order chi connectivity index (χ0) is 14.8. The minimum atomic E-state index is -0.0171. The zero-order valence-electron chi connectivity index (χ0n) is 12.8. The predicted octanol–water partition coefficient (Wildman–Crippen LogP) is 2.64. The number of carbonyl (C=O) groups is 1. The number of carbonyl (C=O) groups excluding carboxylic acids is 1. The van der Waals surface area contributed by atoms with E-state index in [4.69, 9.17) is 5.73 Å². The summed E-state index contributed by atoms with van der Waals surface area (Å²) in [7, 11) is 0. The lowest BCUT2D eigenvalue weighted by molar-refractivity contribution is 0.0956. The molecule has 2 aliphatic carbocycles. The Hall–Kier alpha value is -1.71. The Balaban J connectivity index is 1.81. The third kappa shape index (κ3) is 3.69. The number of nitrogen functional groups attached to an aromatic ring is 1. The molecule has 0 bridgehead atoms. The van der Waals surface area contributed by atoms with E-state index < -0.39 is 0 Å². The van der Waals surface area contributed by atoms with Gasteiger partial charge in [0.2, 0.25) is 0 Å². The third-order valence-corrected chi connectivity index (χ3v) is 4.32. The van der Waals surface area contributed by atoms with Gasteiger partial charge in [-0.15, -0.1) is 0 Å². The maximum atomic E-state index is 12.0. The van der Waals surface area contributed by atoms with Gasteiger partial charge in [0.05, 0.1) is 11.4 Å². The molecule has 4 heteroatoms. The Morgan fingerprint density at radius 1 is 1.24 bits per heavy atom. The van der Waals surface area contributed by atoms with E-state index in [1.165, 1.54) is 25.7 Å². The number of anilines is 2. The van der Waals surface area contributed by atoms with E-state index in [-0.39, 0.29) is 5.91 Å². The summed E-state index contributed by atoms with van der Waals surface area (Å²) in [4.78, 5) is 14.4. The Bertz CT molecular complexity index is 507. The largest absolute Gasteiger partial charge is 0.397 e. The molecule has 114 valence electrons. The molecule has 0 atom stereocenters. The van der Waals surface area contributed by atoms with Gasteiger partial charge < -0.3 is 16.0 Å². The van der Waals surface area contributed by atoms with Crippen molar-refractivity contribution in [1.29, 1.82) is 0 Å². The molecule has 4 nitrogen and oxygen atoms in total. The number of nitrogens with two attached hydrogens (primary N) is 1. The Morgan fingerprint density at radius 3 is 2.38 bits per heavy atom. The van der Waals surface area contributed by atoms with Crippen molar-refractivity contribution in [3.8, 4) is 0 Å². The Morgan fingerprint density at radius 2 is 1.86 bits per heavy atom. The maximum absolute atomic E-state index is 12.0. The van der Waals surface area contributed by atoms with E-state index in [0.717, 1.165) is 36.3 Å². The van der Waals surface area contributed by atoms with Crippen molar-refractivity contribution in [3.05, 3.63) is 23.8 Å². The van der Waals surface area contributed by atoms with Crippen LogP contribution in [0.4, 0.5) is 11.4 Å². The number of nitrogens with zero attached hydrogens (tertiary/aromatic N) is 1. The summed E-state index contributed by atoms with van der Waals surface area (Å²) >= 11 is 0. The van der Waals surface area contributed by atoms with Crippen LogP contribution in [0, 0.1) is 11.8 Å². The summed E-state index contributed by atoms with van der Waals surface area (Å²) in [5, 5.41) is 2.86. The molecule has 2 fully saturated rings. The Kier molecular flexibility index (Phi) is 4.04. The third-order valence-electron chi connectivity index (χ3n) is 4.32. The molecular weight excluding hydrogens is 262 g/mol. The fourth-order valence-electron chi connectivity index (χ4n) is 2.72. The van der Waals surface area contributed by atoms with Gasteiger partial charge in [0.1, 0.15) is 0 Å². The highest BCUT2D eigenvalue weighted by Gasteiger charge is 2.30. The summed E-state index contributed by atoms with van der Waals surface area (Å²) in [5.41, 5.74) is 8.71. The van der Waals surface area contributed by atoms with E-state index in [1.54, 1.807) is 0 Å². The standard InChI is InChI=1S/C17H25N3O/c1-2-19-17(21)14-7-8-15(18)16(9-14)20(10-12-3-4-12)11-13-5-6-13/h7-9,12-13H,2-6,10-11,18H2,1H3,(H,19,21). The van der Waals surface area contributed by atoms with Crippen LogP contribution >= 0.6 is 0 Å². The number of hydrogen-bond acceptors (Lipinski definition) is 3. The first-order chi connectivity index (χ1) is 10.2. The van der Waals surface area contributed by atoms with Gasteiger partial charge in [-0.2, -0.15) is 0 Å². The summed E-state index contributed by atoms with van der Waals surface area (Å²) in [6.45, 7) is 4.74. The van der Waals surface area contributed by atoms with Gasteiger partial charge in [-0.05, 0) is 62.6 Å². The van der Waals surface area contributed by atoms with Crippen LogP contribution in [0.25, 0.3) is 0 Å². The average molecular weight is 287 g/mol. The van der Waals surface area contributed by atoms with Crippen LogP contribution in [0.15, 0.2) is 18.2 Å². The lowest BCUT2D eigenvalue weighted by atomic mass is 10.1. The first kappa shape index (κ1) is 14.2. The molecule has 0 aromatic heterocycles. The molecule has 1 aromatic rings. The zero-order valence-corrected chi connectivity index (χ0v) is 12.8. The molecule has 0 aliphatic heterocycles. The molecule has 2 aliphatic rings. The van der Waals surface area contributed by atoms with Gasteiger partial charge in [-0.25, -0.2) is 0 Å². The molecule has 0 heterocycles. The van der Waals surface area contributed by atoms with Crippen molar-refractivity contribution < 1.29 is 4.79 Å². The second kappa shape index (κ2) is 5.96. The van der Waals surface area contributed by atoms with E-state index in [0.29, 0.717) is 12.1 Å². The lowest BCUT2D eigenvalue weighted by Gasteiger charge is -2.26. The Labute approximate surface area is 126 Å². The molecule has 3 rings (SSSR count). The van der Waals surface area contributed by atoms with Crippen molar-refractivity contribution in [2.75, 3.05) is 30.3 Å². The molecule has 0 spiro atoms. The topological polar surface area (TPSA) is 58.4 Å². The van der Waals surface area contributed by atoms with Crippen LogP contribution in [0.1, 0.15) is 43.0 Å². The summed E-state index contributed by atoms with van der Waals surface area (Å²) in [6, 6.07) is 5.65. The molecule has 0 radical (unpaired) electrons. The van der Waals surface area contributed by atoms with Crippen LogP contribution in [0.5, 0.6) is 0 Å². The molecular formula is C17H25N3O. The number of benzene rings is 1. The fraction of sp³-hybridized carbons (Fsp3) is 0.588. The smallest absolute Gasteiger partial charge is 0.251 e. The van der Waals surface area contributed by atoms with E-state index in [1.807, 2.05) is 25.1 Å². The molecule has 3 N–H and O–H groups in total. The van der Waals surface area contributed by atoms with Crippen molar-refractivity contribution in [2.24, 2.45) is 11.8 Å². The van der Waals surface area contributed by atoms with E-state index in [2.05, 4.69) is 10.2 Å². The summed E-state index contributed by atoms with van der Waals surface area (Å²) in [6.07, 6.45) is 5.32. The molecule has 0 saturated heterocycles. The number of hydrogen-bond donors (Lipinski definition) is 2. The van der Waals surface area contributed by atoms with Crippen molar-refractivity contribution in [2.45, 2.75) is 32.6 Å². The minimum absolute atomic E-state index is 0.0171. The van der Waals surface area contributed by atoms with Crippen LogP contribution in [-0.2, 0) is 0 Å². The average Bonchev–Trinajstić information content (AvgIpc) is 3.34. The normalized spacial score (nSPS) is 17.6. The van der Waals surface area contributed by atoms with Crippen LogP contribution in [-0.4, -0.2) is 25.5 Å². The van der Waals surface area contributed by atoms with Crippen molar-refractivity contribution >= 4 is 17.3 Å². The molecule has 1 aromatic carbocycles. The highest BCUT2D eigenvalue weighted by Crippen LogP contribution is 2.37. The number of amides is 1. The second-order valence-corrected chi connectivity index (χ2v) is 6.42. The SMILES string of the molecule is CCNC(=O)c1ccc(N)c(N(CC2CC2)CC2CC2)c1. The highest BCUT2D eigenvalue weighted by molar-refractivity contribution is 5.96. The van der Waals surface area contributed by atoms with Gasteiger partial charge in [-0.1, -0.05) is 0 Å². The highest BCUT2D eigenvalue weighted by atomic mass is 16.1. The van der Waals surface area contributed by atoms with Crippen LogP contribution in [0.3, 0.4) is 0 Å². The number of nitrogens with one attached hydrogen (secondary N) is 1. The van der Waals surface area contributed by atoms with E-state index in [9.17, 15) is 4.79 Å². The maximum Gasteiger partial charge on any atom is 0.251 e. The van der Waals surface area contributed by atoms with Gasteiger partial charge in [0.25, 0.3) is 5.91 Å². The monoisotopic (exact) mass is 287 g/mol. The molecule has 2 saturated carbocycles. The minimum Gasteiger partial charge on any atom is -0.397 e. The van der Waals surface area contributed by atoms with Crippen molar-refractivity contribution in [3.63, 3.8) is 0 Å².